The number of nitrogens with one attached hydrogen (secondary N) is 1. The summed E-state index contributed by atoms with van der Waals surface area (Å²) in [5.74, 6) is -0.645. The van der Waals surface area contributed by atoms with Crippen LogP contribution in [0.2, 0.25) is 0 Å². The first-order valence-corrected chi connectivity index (χ1v) is 6.50. The van der Waals surface area contributed by atoms with Gasteiger partial charge in [-0.05, 0) is 25.1 Å². The van der Waals surface area contributed by atoms with Crippen molar-refractivity contribution in [1.29, 1.82) is 0 Å². The smallest absolute Gasteiger partial charge is 0.419 e. The van der Waals surface area contributed by atoms with Crippen molar-refractivity contribution < 1.29 is 27.1 Å². The molecule has 1 aromatic heterocycles. The maximum absolute atomic E-state index is 12.8. The van der Waals surface area contributed by atoms with Gasteiger partial charge in [0.05, 0.1) is 23.4 Å². The molecule has 1 N–H and O–H groups in total. The van der Waals surface area contributed by atoms with Crippen LogP contribution < -0.4 is 10.1 Å². The maximum Gasteiger partial charge on any atom is 0.419 e. The second kappa shape index (κ2) is 6.55. The summed E-state index contributed by atoms with van der Waals surface area (Å²) in [6.45, 7) is 1.55. The SMILES string of the molecule is C[C@@H](COc1ccccc1C(F)(F)F)NC(=O)c1ccoc1. The van der Waals surface area contributed by atoms with Gasteiger partial charge in [-0.3, -0.25) is 4.79 Å². The van der Waals surface area contributed by atoms with Crippen molar-refractivity contribution >= 4 is 5.91 Å². The van der Waals surface area contributed by atoms with Gasteiger partial charge in [0.15, 0.2) is 0 Å². The lowest BCUT2D eigenvalue weighted by molar-refractivity contribution is -0.139. The van der Waals surface area contributed by atoms with E-state index in [0.29, 0.717) is 5.56 Å². The standard InChI is InChI=1S/C15H14F3NO3/c1-10(19-14(20)11-6-7-21-9-11)8-22-13-5-3-2-4-12(13)15(16,17)18/h2-7,9-10H,8H2,1H3,(H,19,20)/t10-/m0/s1. The van der Waals surface area contributed by atoms with Gasteiger partial charge < -0.3 is 14.5 Å². The third kappa shape index (κ3) is 4.03. The Hall–Kier alpha value is -2.44. The van der Waals surface area contributed by atoms with Crippen LogP contribution in [0.5, 0.6) is 5.75 Å². The van der Waals surface area contributed by atoms with E-state index in [1.165, 1.54) is 36.8 Å². The molecule has 0 spiro atoms. The molecule has 0 saturated heterocycles. The van der Waals surface area contributed by atoms with Crippen LogP contribution >= 0.6 is 0 Å². The molecule has 7 heteroatoms. The number of benzene rings is 1. The van der Waals surface area contributed by atoms with Crippen molar-refractivity contribution in [3.63, 3.8) is 0 Å². The lowest BCUT2D eigenvalue weighted by Gasteiger charge is -2.17. The quantitative estimate of drug-likeness (QED) is 0.919. The van der Waals surface area contributed by atoms with E-state index < -0.39 is 17.8 Å². The Balaban J connectivity index is 1.94. The number of carbonyl (C=O) groups excluding carboxylic acids is 1. The molecule has 118 valence electrons. The Morgan fingerprint density at radius 1 is 1.32 bits per heavy atom. The Morgan fingerprint density at radius 3 is 2.68 bits per heavy atom. The van der Waals surface area contributed by atoms with E-state index in [1.807, 2.05) is 0 Å². The van der Waals surface area contributed by atoms with E-state index in [9.17, 15) is 18.0 Å². The normalized spacial score (nSPS) is 12.7. The van der Waals surface area contributed by atoms with E-state index in [2.05, 4.69) is 5.32 Å². The van der Waals surface area contributed by atoms with Crippen LogP contribution in [0.15, 0.2) is 47.3 Å². The fourth-order valence-corrected chi connectivity index (χ4v) is 1.78. The third-order valence-electron chi connectivity index (χ3n) is 2.84. The number of furan rings is 1. The van der Waals surface area contributed by atoms with Crippen molar-refractivity contribution in [2.45, 2.75) is 19.1 Å². The van der Waals surface area contributed by atoms with Crippen LogP contribution in [0, 0.1) is 0 Å². The molecule has 0 aliphatic heterocycles. The zero-order valence-corrected chi connectivity index (χ0v) is 11.7. The fourth-order valence-electron chi connectivity index (χ4n) is 1.78. The van der Waals surface area contributed by atoms with Crippen LogP contribution in [0.3, 0.4) is 0 Å². The van der Waals surface area contributed by atoms with Gasteiger partial charge in [-0.15, -0.1) is 0 Å². The zero-order valence-electron chi connectivity index (χ0n) is 11.7. The molecular formula is C15H14F3NO3. The lowest BCUT2D eigenvalue weighted by atomic mass is 10.2. The summed E-state index contributed by atoms with van der Waals surface area (Å²) in [6.07, 6.45) is -1.85. The summed E-state index contributed by atoms with van der Waals surface area (Å²) in [6, 6.07) is 5.96. The zero-order chi connectivity index (χ0) is 16.2. The first-order chi connectivity index (χ1) is 10.4. The summed E-state index contributed by atoms with van der Waals surface area (Å²) < 4.78 is 48.4. The average molecular weight is 313 g/mol. The van der Waals surface area contributed by atoms with Gasteiger partial charge in [0.1, 0.15) is 18.6 Å². The average Bonchev–Trinajstić information content (AvgIpc) is 2.98. The first-order valence-electron chi connectivity index (χ1n) is 6.50. The van der Waals surface area contributed by atoms with Gasteiger partial charge >= 0.3 is 6.18 Å². The minimum Gasteiger partial charge on any atom is -0.491 e. The highest BCUT2D eigenvalue weighted by atomic mass is 19.4. The lowest BCUT2D eigenvalue weighted by Crippen LogP contribution is -2.36. The number of hydrogen-bond donors (Lipinski definition) is 1. The fraction of sp³-hybridized carbons (Fsp3) is 0.267. The molecule has 0 aliphatic rings. The van der Waals surface area contributed by atoms with Crippen molar-refractivity contribution in [1.82, 2.24) is 5.32 Å². The van der Waals surface area contributed by atoms with E-state index in [0.717, 1.165) is 6.07 Å². The van der Waals surface area contributed by atoms with E-state index in [4.69, 9.17) is 9.15 Å². The van der Waals surface area contributed by atoms with Crippen molar-refractivity contribution in [2.75, 3.05) is 6.61 Å². The van der Waals surface area contributed by atoms with E-state index in [1.54, 1.807) is 6.92 Å². The molecule has 0 unspecified atom stereocenters. The van der Waals surface area contributed by atoms with E-state index in [-0.39, 0.29) is 18.3 Å². The first kappa shape index (κ1) is 15.9. The van der Waals surface area contributed by atoms with Crippen LogP contribution in [0.25, 0.3) is 0 Å². The van der Waals surface area contributed by atoms with Gasteiger partial charge in [-0.1, -0.05) is 12.1 Å². The summed E-state index contributed by atoms with van der Waals surface area (Å²) in [5.41, 5.74) is -0.508. The van der Waals surface area contributed by atoms with Gasteiger partial charge in [0, 0.05) is 0 Å². The number of amides is 1. The number of carbonyl (C=O) groups is 1. The van der Waals surface area contributed by atoms with Gasteiger partial charge in [0.25, 0.3) is 5.91 Å². The molecule has 0 fully saturated rings. The molecule has 0 radical (unpaired) electrons. The molecule has 1 heterocycles. The predicted molar refractivity (Wildman–Crippen MR) is 72.6 cm³/mol. The van der Waals surface area contributed by atoms with E-state index >= 15 is 0 Å². The summed E-state index contributed by atoms with van der Waals surface area (Å²) >= 11 is 0. The minimum atomic E-state index is -4.49. The number of ether oxygens (including phenoxy) is 1. The Kier molecular flexibility index (Phi) is 4.75. The Bertz CT molecular complexity index is 623. The monoisotopic (exact) mass is 313 g/mol. The third-order valence-corrected chi connectivity index (χ3v) is 2.84. The van der Waals surface area contributed by atoms with Gasteiger partial charge in [-0.25, -0.2) is 0 Å². The highest BCUT2D eigenvalue weighted by Crippen LogP contribution is 2.35. The topological polar surface area (TPSA) is 51.5 Å². The Labute approximate surface area is 124 Å². The molecule has 0 bridgehead atoms. The molecule has 1 amide bonds. The molecule has 22 heavy (non-hydrogen) atoms. The van der Waals surface area contributed by atoms with Crippen molar-refractivity contribution in [3.8, 4) is 5.75 Å². The minimum absolute atomic E-state index is 0.0866. The van der Waals surface area contributed by atoms with Crippen LogP contribution in [-0.2, 0) is 6.18 Å². The largest absolute Gasteiger partial charge is 0.491 e. The number of alkyl halides is 3. The molecule has 0 aliphatic carbocycles. The molecule has 1 atom stereocenters. The highest BCUT2D eigenvalue weighted by Gasteiger charge is 2.34. The molecule has 4 nitrogen and oxygen atoms in total. The molecular weight excluding hydrogens is 299 g/mol. The molecule has 2 rings (SSSR count). The van der Waals surface area contributed by atoms with Crippen LogP contribution in [-0.4, -0.2) is 18.6 Å². The predicted octanol–water partition coefficient (Wildman–Crippen LogP) is 3.50. The Morgan fingerprint density at radius 2 is 2.05 bits per heavy atom. The number of rotatable bonds is 5. The van der Waals surface area contributed by atoms with Crippen molar-refractivity contribution in [3.05, 3.63) is 54.0 Å². The summed E-state index contributed by atoms with van der Waals surface area (Å²) in [7, 11) is 0. The number of hydrogen-bond acceptors (Lipinski definition) is 3. The second-order valence-corrected chi connectivity index (χ2v) is 4.69. The molecule has 1 aromatic carbocycles. The second-order valence-electron chi connectivity index (χ2n) is 4.69. The van der Waals surface area contributed by atoms with Crippen molar-refractivity contribution in [2.24, 2.45) is 0 Å². The molecule has 0 saturated carbocycles. The van der Waals surface area contributed by atoms with Crippen LogP contribution in [0.1, 0.15) is 22.8 Å². The summed E-state index contributed by atoms with van der Waals surface area (Å²) in [5, 5.41) is 2.61. The van der Waals surface area contributed by atoms with Gasteiger partial charge in [0.2, 0.25) is 0 Å². The summed E-state index contributed by atoms with van der Waals surface area (Å²) in [4.78, 5) is 11.7. The van der Waals surface area contributed by atoms with Gasteiger partial charge in [-0.2, -0.15) is 13.2 Å². The number of halogens is 3. The highest BCUT2D eigenvalue weighted by molar-refractivity contribution is 5.93. The maximum atomic E-state index is 12.8. The molecule has 2 aromatic rings. The van der Waals surface area contributed by atoms with Crippen LogP contribution in [0.4, 0.5) is 13.2 Å². The number of para-hydroxylation sites is 1.